The van der Waals surface area contributed by atoms with Gasteiger partial charge < -0.3 is 9.47 Å². The Hall–Kier alpha value is -1.33. The lowest BCUT2D eigenvalue weighted by Crippen LogP contribution is -2.21. The summed E-state index contributed by atoms with van der Waals surface area (Å²) < 4.78 is 10.5. The molecule has 0 spiro atoms. The number of esters is 1. The standard InChI is InChI=1S/C14H18O4S/c1-11(15)18-10-14(19-12(2)16)9-17-8-13-6-4-3-5-7-13/h3-7,14H,8-10H2,1-2H3/t14-/m0/s1. The van der Waals surface area contributed by atoms with Crippen molar-refractivity contribution in [1.82, 2.24) is 0 Å². The van der Waals surface area contributed by atoms with Crippen molar-refractivity contribution >= 4 is 22.8 Å². The van der Waals surface area contributed by atoms with E-state index in [1.807, 2.05) is 30.3 Å². The van der Waals surface area contributed by atoms with Crippen molar-refractivity contribution < 1.29 is 19.1 Å². The number of benzene rings is 1. The highest BCUT2D eigenvalue weighted by molar-refractivity contribution is 8.14. The van der Waals surface area contributed by atoms with E-state index in [9.17, 15) is 9.59 Å². The van der Waals surface area contributed by atoms with E-state index in [1.54, 1.807) is 0 Å². The lowest BCUT2D eigenvalue weighted by molar-refractivity contribution is -0.141. The van der Waals surface area contributed by atoms with Crippen LogP contribution in [0.25, 0.3) is 0 Å². The van der Waals surface area contributed by atoms with Crippen molar-refractivity contribution in [3.63, 3.8) is 0 Å². The largest absolute Gasteiger partial charge is 0.465 e. The second-order valence-electron chi connectivity index (χ2n) is 4.03. The number of ether oxygens (including phenoxy) is 2. The van der Waals surface area contributed by atoms with E-state index < -0.39 is 0 Å². The van der Waals surface area contributed by atoms with Crippen LogP contribution < -0.4 is 0 Å². The summed E-state index contributed by atoms with van der Waals surface area (Å²) in [5.41, 5.74) is 1.07. The van der Waals surface area contributed by atoms with E-state index in [0.29, 0.717) is 13.2 Å². The van der Waals surface area contributed by atoms with Crippen LogP contribution in [-0.2, 0) is 25.7 Å². The predicted molar refractivity (Wildman–Crippen MR) is 74.8 cm³/mol. The van der Waals surface area contributed by atoms with Crippen molar-refractivity contribution in [3.05, 3.63) is 35.9 Å². The van der Waals surface area contributed by atoms with E-state index in [1.165, 1.54) is 13.8 Å². The lowest BCUT2D eigenvalue weighted by Gasteiger charge is -2.15. The molecule has 1 aromatic carbocycles. The molecule has 0 heterocycles. The third kappa shape index (κ3) is 7.64. The van der Waals surface area contributed by atoms with Gasteiger partial charge in [-0.3, -0.25) is 9.59 Å². The van der Waals surface area contributed by atoms with E-state index in [4.69, 9.17) is 9.47 Å². The minimum Gasteiger partial charge on any atom is -0.465 e. The molecule has 0 fully saturated rings. The molecule has 0 radical (unpaired) electrons. The molecule has 19 heavy (non-hydrogen) atoms. The Kier molecular flexibility index (Phi) is 7.22. The zero-order valence-electron chi connectivity index (χ0n) is 11.1. The smallest absolute Gasteiger partial charge is 0.302 e. The van der Waals surface area contributed by atoms with Crippen LogP contribution in [0.4, 0.5) is 0 Å². The fraction of sp³-hybridized carbons (Fsp3) is 0.429. The molecule has 0 saturated carbocycles. The van der Waals surface area contributed by atoms with Gasteiger partial charge in [-0.25, -0.2) is 0 Å². The van der Waals surface area contributed by atoms with Crippen LogP contribution >= 0.6 is 11.8 Å². The van der Waals surface area contributed by atoms with Gasteiger partial charge in [0.1, 0.15) is 6.61 Å². The molecule has 0 N–H and O–H groups in total. The van der Waals surface area contributed by atoms with Gasteiger partial charge in [-0.1, -0.05) is 42.1 Å². The van der Waals surface area contributed by atoms with Crippen molar-refractivity contribution in [1.29, 1.82) is 0 Å². The topological polar surface area (TPSA) is 52.6 Å². The summed E-state index contributed by atoms with van der Waals surface area (Å²) in [6.45, 7) is 3.87. The lowest BCUT2D eigenvalue weighted by atomic mass is 10.2. The minimum absolute atomic E-state index is 0.0135. The molecule has 5 heteroatoms. The summed E-state index contributed by atoms with van der Waals surface area (Å²) in [5, 5.41) is -0.175. The molecule has 1 rings (SSSR count). The average Bonchev–Trinajstić information content (AvgIpc) is 2.36. The third-order valence-corrected chi connectivity index (χ3v) is 3.16. The Balaban J connectivity index is 2.35. The number of carbonyl (C=O) groups excluding carboxylic acids is 2. The Morgan fingerprint density at radius 3 is 2.42 bits per heavy atom. The first kappa shape index (κ1) is 15.7. The summed E-state index contributed by atoms with van der Waals surface area (Å²) in [6.07, 6.45) is 0. The molecule has 0 aromatic heterocycles. The van der Waals surface area contributed by atoms with Crippen molar-refractivity contribution in [3.8, 4) is 0 Å². The van der Waals surface area contributed by atoms with Crippen molar-refractivity contribution in [2.75, 3.05) is 13.2 Å². The predicted octanol–water partition coefficient (Wildman–Crippen LogP) is 2.41. The first-order valence-corrected chi connectivity index (χ1v) is 6.88. The molecule has 104 valence electrons. The van der Waals surface area contributed by atoms with Crippen LogP contribution in [-0.4, -0.2) is 29.5 Å². The highest BCUT2D eigenvalue weighted by Gasteiger charge is 2.14. The molecular formula is C14H18O4S. The van der Waals surface area contributed by atoms with Gasteiger partial charge in [0.25, 0.3) is 0 Å². The Bertz CT molecular complexity index is 405. The molecule has 0 aliphatic carbocycles. The zero-order chi connectivity index (χ0) is 14.1. The first-order valence-electron chi connectivity index (χ1n) is 6.00. The Labute approximate surface area is 117 Å². The number of thioether (sulfide) groups is 1. The number of hydrogen-bond acceptors (Lipinski definition) is 5. The Morgan fingerprint density at radius 2 is 1.84 bits per heavy atom. The molecule has 0 aliphatic heterocycles. The SMILES string of the molecule is CC(=O)OC[C@H](COCc1ccccc1)SC(C)=O. The van der Waals surface area contributed by atoms with Crippen molar-refractivity contribution in [2.45, 2.75) is 25.7 Å². The Morgan fingerprint density at radius 1 is 1.16 bits per heavy atom. The molecule has 0 bridgehead atoms. The fourth-order valence-corrected chi connectivity index (χ4v) is 2.21. The van der Waals surface area contributed by atoms with Gasteiger partial charge in [0.05, 0.1) is 18.5 Å². The number of hydrogen-bond donors (Lipinski definition) is 0. The first-order chi connectivity index (χ1) is 9.08. The van der Waals surface area contributed by atoms with Gasteiger partial charge in [0.2, 0.25) is 0 Å². The van der Waals surface area contributed by atoms with Crippen LogP contribution in [0.2, 0.25) is 0 Å². The molecule has 0 amide bonds. The molecule has 1 aromatic rings. The maximum Gasteiger partial charge on any atom is 0.302 e. The second kappa shape index (κ2) is 8.72. The summed E-state index contributed by atoms with van der Waals surface area (Å²) in [7, 11) is 0. The molecule has 1 atom stereocenters. The van der Waals surface area contributed by atoms with Gasteiger partial charge in [-0.15, -0.1) is 0 Å². The van der Waals surface area contributed by atoms with Gasteiger partial charge in [0.15, 0.2) is 5.12 Å². The summed E-state index contributed by atoms with van der Waals surface area (Å²) in [5.74, 6) is -0.350. The summed E-state index contributed by atoms with van der Waals surface area (Å²) >= 11 is 1.14. The number of rotatable bonds is 7. The van der Waals surface area contributed by atoms with Crippen molar-refractivity contribution in [2.24, 2.45) is 0 Å². The van der Waals surface area contributed by atoms with Crippen LogP contribution in [0.15, 0.2) is 30.3 Å². The van der Waals surface area contributed by atoms with Crippen LogP contribution in [0, 0.1) is 0 Å². The average molecular weight is 282 g/mol. The van der Waals surface area contributed by atoms with E-state index in [0.717, 1.165) is 17.3 Å². The van der Waals surface area contributed by atoms with E-state index in [-0.39, 0.29) is 22.9 Å². The maximum absolute atomic E-state index is 11.1. The normalized spacial score (nSPS) is 11.9. The van der Waals surface area contributed by atoms with Gasteiger partial charge in [-0.2, -0.15) is 0 Å². The molecule has 0 saturated heterocycles. The molecule has 0 unspecified atom stereocenters. The van der Waals surface area contributed by atoms with Gasteiger partial charge >= 0.3 is 5.97 Å². The van der Waals surface area contributed by atoms with Crippen LogP contribution in [0.5, 0.6) is 0 Å². The van der Waals surface area contributed by atoms with Crippen LogP contribution in [0.3, 0.4) is 0 Å². The second-order valence-corrected chi connectivity index (χ2v) is 5.51. The van der Waals surface area contributed by atoms with E-state index >= 15 is 0 Å². The molecule has 4 nitrogen and oxygen atoms in total. The summed E-state index contributed by atoms with van der Waals surface area (Å²) in [4.78, 5) is 21.9. The third-order valence-electron chi connectivity index (χ3n) is 2.22. The molecular weight excluding hydrogens is 264 g/mol. The van der Waals surface area contributed by atoms with Gasteiger partial charge in [0, 0.05) is 13.8 Å². The minimum atomic E-state index is -0.350. The van der Waals surface area contributed by atoms with Gasteiger partial charge in [-0.05, 0) is 5.56 Å². The maximum atomic E-state index is 11.1. The number of carbonyl (C=O) groups is 2. The highest BCUT2D eigenvalue weighted by atomic mass is 32.2. The fourth-order valence-electron chi connectivity index (χ4n) is 1.44. The molecule has 0 aliphatic rings. The zero-order valence-corrected chi connectivity index (χ0v) is 11.9. The highest BCUT2D eigenvalue weighted by Crippen LogP contribution is 2.14. The quantitative estimate of drug-likeness (QED) is 0.719. The van der Waals surface area contributed by atoms with E-state index in [2.05, 4.69) is 0 Å². The van der Waals surface area contributed by atoms with Crippen LogP contribution in [0.1, 0.15) is 19.4 Å². The monoisotopic (exact) mass is 282 g/mol. The summed E-state index contributed by atoms with van der Waals surface area (Å²) in [6, 6.07) is 9.77.